The lowest BCUT2D eigenvalue weighted by Crippen LogP contribution is -2.35. The molecule has 0 saturated heterocycles. The van der Waals surface area contributed by atoms with Gasteiger partial charge in [0.05, 0.1) is 6.54 Å². The number of nitrogens with zero attached hydrogens (tertiary/aromatic N) is 2. The van der Waals surface area contributed by atoms with Gasteiger partial charge in [0.1, 0.15) is 10.0 Å². The summed E-state index contributed by atoms with van der Waals surface area (Å²) in [7, 11) is 0. The van der Waals surface area contributed by atoms with Gasteiger partial charge in [0.15, 0.2) is 11.5 Å². The van der Waals surface area contributed by atoms with Gasteiger partial charge in [-0.25, -0.2) is 0 Å². The molecule has 0 amide bonds. The summed E-state index contributed by atoms with van der Waals surface area (Å²) in [6.45, 7) is 6.93. The summed E-state index contributed by atoms with van der Waals surface area (Å²) < 4.78 is 0. The first-order valence-electron chi connectivity index (χ1n) is 5.95. The number of aromatic nitrogens is 2. The number of hydrogen-bond acceptors (Lipinski definition) is 6. The molecule has 0 radical (unpaired) electrons. The molecule has 0 atom stereocenters. The SMILES string of the molecule is CC(C)(C)NCc1nnc(-c2ccc(O)c(O)c2)s1. The van der Waals surface area contributed by atoms with E-state index < -0.39 is 0 Å². The molecule has 5 nitrogen and oxygen atoms in total. The fraction of sp³-hybridized carbons (Fsp3) is 0.385. The third-order valence-electron chi connectivity index (χ3n) is 2.46. The average molecular weight is 279 g/mol. The molecule has 0 fully saturated rings. The number of nitrogens with one attached hydrogen (secondary N) is 1. The van der Waals surface area contributed by atoms with Crippen molar-refractivity contribution in [2.75, 3.05) is 0 Å². The third-order valence-corrected chi connectivity index (χ3v) is 3.43. The molecule has 6 heteroatoms. The molecule has 0 aliphatic heterocycles. The Morgan fingerprint density at radius 1 is 1.16 bits per heavy atom. The van der Waals surface area contributed by atoms with Crippen molar-refractivity contribution in [3.8, 4) is 22.1 Å². The topological polar surface area (TPSA) is 78.3 Å². The number of phenolic OH excluding ortho intramolecular Hbond substituents is 2. The van der Waals surface area contributed by atoms with Crippen LogP contribution in [0.5, 0.6) is 11.5 Å². The maximum Gasteiger partial charge on any atom is 0.158 e. The summed E-state index contributed by atoms with van der Waals surface area (Å²) in [5.74, 6) is -0.287. The predicted molar refractivity (Wildman–Crippen MR) is 75.3 cm³/mol. The highest BCUT2D eigenvalue weighted by molar-refractivity contribution is 7.14. The van der Waals surface area contributed by atoms with E-state index >= 15 is 0 Å². The largest absolute Gasteiger partial charge is 0.504 e. The highest BCUT2D eigenvalue weighted by Crippen LogP contribution is 2.31. The van der Waals surface area contributed by atoms with Crippen molar-refractivity contribution in [3.05, 3.63) is 23.2 Å². The van der Waals surface area contributed by atoms with Crippen LogP contribution in [-0.4, -0.2) is 25.9 Å². The van der Waals surface area contributed by atoms with E-state index in [0.717, 1.165) is 15.6 Å². The molecule has 0 saturated carbocycles. The Bertz CT molecular complexity index is 576. The molecule has 1 aromatic carbocycles. The molecule has 0 spiro atoms. The van der Waals surface area contributed by atoms with Crippen molar-refractivity contribution in [2.24, 2.45) is 0 Å². The zero-order valence-corrected chi connectivity index (χ0v) is 12.0. The van der Waals surface area contributed by atoms with E-state index in [2.05, 4.69) is 36.3 Å². The van der Waals surface area contributed by atoms with Gasteiger partial charge in [-0.3, -0.25) is 0 Å². The second-order valence-electron chi connectivity index (χ2n) is 5.31. The summed E-state index contributed by atoms with van der Waals surface area (Å²) in [5, 5.41) is 31.9. The van der Waals surface area contributed by atoms with E-state index in [-0.39, 0.29) is 17.0 Å². The second-order valence-corrected chi connectivity index (χ2v) is 6.37. The van der Waals surface area contributed by atoms with Gasteiger partial charge in [-0.05, 0) is 39.0 Å². The van der Waals surface area contributed by atoms with Gasteiger partial charge in [0.2, 0.25) is 0 Å². The van der Waals surface area contributed by atoms with Crippen LogP contribution >= 0.6 is 11.3 Å². The van der Waals surface area contributed by atoms with Gasteiger partial charge < -0.3 is 15.5 Å². The maximum atomic E-state index is 9.47. The number of benzene rings is 1. The molecular formula is C13H17N3O2S. The lowest BCUT2D eigenvalue weighted by Gasteiger charge is -2.19. The fourth-order valence-electron chi connectivity index (χ4n) is 1.44. The Morgan fingerprint density at radius 3 is 2.53 bits per heavy atom. The van der Waals surface area contributed by atoms with Crippen molar-refractivity contribution < 1.29 is 10.2 Å². The molecule has 2 aromatic rings. The molecule has 0 unspecified atom stereocenters. The Morgan fingerprint density at radius 2 is 1.89 bits per heavy atom. The zero-order chi connectivity index (χ0) is 14.0. The number of aromatic hydroxyl groups is 2. The summed E-state index contributed by atoms with van der Waals surface area (Å²) in [4.78, 5) is 0. The molecule has 2 rings (SSSR count). The summed E-state index contributed by atoms with van der Waals surface area (Å²) in [6.07, 6.45) is 0. The Kier molecular flexibility index (Phi) is 3.73. The first-order valence-corrected chi connectivity index (χ1v) is 6.76. The lowest BCUT2D eigenvalue weighted by atomic mass is 10.1. The van der Waals surface area contributed by atoms with Crippen LogP contribution in [0.3, 0.4) is 0 Å². The van der Waals surface area contributed by atoms with Crippen molar-refractivity contribution in [1.29, 1.82) is 0 Å². The van der Waals surface area contributed by atoms with Crippen molar-refractivity contribution in [3.63, 3.8) is 0 Å². The maximum absolute atomic E-state index is 9.47. The predicted octanol–water partition coefficient (Wildman–Crippen LogP) is 2.50. The highest BCUT2D eigenvalue weighted by Gasteiger charge is 2.12. The molecule has 19 heavy (non-hydrogen) atoms. The van der Waals surface area contributed by atoms with E-state index in [1.165, 1.54) is 23.5 Å². The van der Waals surface area contributed by atoms with Gasteiger partial charge in [-0.15, -0.1) is 10.2 Å². The van der Waals surface area contributed by atoms with E-state index in [1.54, 1.807) is 6.07 Å². The van der Waals surface area contributed by atoms with Crippen LogP contribution in [0.15, 0.2) is 18.2 Å². The Balaban J connectivity index is 2.14. The van der Waals surface area contributed by atoms with Crippen LogP contribution in [0.2, 0.25) is 0 Å². The standard InChI is InChI=1S/C13H17N3O2S/c1-13(2,3)14-7-11-15-16-12(19-11)8-4-5-9(17)10(18)6-8/h4-6,14,17-18H,7H2,1-3H3. The molecule has 1 heterocycles. The van der Waals surface area contributed by atoms with E-state index in [0.29, 0.717) is 6.54 Å². The number of phenols is 2. The van der Waals surface area contributed by atoms with Crippen LogP contribution in [0.4, 0.5) is 0 Å². The first-order chi connectivity index (χ1) is 8.85. The minimum absolute atomic E-state index is 0.0304. The van der Waals surface area contributed by atoms with Crippen molar-refractivity contribution in [2.45, 2.75) is 32.9 Å². The molecule has 0 aliphatic carbocycles. The Labute approximate surface area is 115 Å². The minimum atomic E-state index is -0.151. The number of rotatable bonds is 3. The first kappa shape index (κ1) is 13.8. The zero-order valence-electron chi connectivity index (χ0n) is 11.1. The monoisotopic (exact) mass is 279 g/mol. The van der Waals surface area contributed by atoms with Crippen molar-refractivity contribution in [1.82, 2.24) is 15.5 Å². The van der Waals surface area contributed by atoms with Crippen LogP contribution in [-0.2, 0) is 6.54 Å². The molecule has 102 valence electrons. The van der Waals surface area contributed by atoms with E-state index in [9.17, 15) is 10.2 Å². The molecule has 0 aliphatic rings. The van der Waals surface area contributed by atoms with Gasteiger partial charge in [-0.2, -0.15) is 0 Å². The van der Waals surface area contributed by atoms with Crippen LogP contribution in [0.1, 0.15) is 25.8 Å². The quantitative estimate of drug-likeness (QED) is 0.752. The molecule has 1 aromatic heterocycles. The Hall–Kier alpha value is -1.66. The second kappa shape index (κ2) is 5.14. The van der Waals surface area contributed by atoms with Crippen LogP contribution in [0.25, 0.3) is 10.6 Å². The number of hydrogen-bond donors (Lipinski definition) is 3. The van der Waals surface area contributed by atoms with Gasteiger partial charge >= 0.3 is 0 Å². The lowest BCUT2D eigenvalue weighted by molar-refractivity contribution is 0.404. The van der Waals surface area contributed by atoms with Crippen LogP contribution in [0, 0.1) is 0 Å². The minimum Gasteiger partial charge on any atom is -0.504 e. The third kappa shape index (κ3) is 3.65. The normalized spacial score (nSPS) is 11.7. The molecule has 3 N–H and O–H groups in total. The molecule has 0 bridgehead atoms. The van der Waals surface area contributed by atoms with Crippen LogP contribution < -0.4 is 5.32 Å². The highest BCUT2D eigenvalue weighted by atomic mass is 32.1. The van der Waals surface area contributed by atoms with E-state index in [1.807, 2.05) is 0 Å². The van der Waals surface area contributed by atoms with Crippen molar-refractivity contribution >= 4 is 11.3 Å². The smallest absolute Gasteiger partial charge is 0.158 e. The summed E-state index contributed by atoms with van der Waals surface area (Å²) in [5.41, 5.74) is 0.776. The van der Waals surface area contributed by atoms with Gasteiger partial charge in [-0.1, -0.05) is 11.3 Å². The molecular weight excluding hydrogens is 262 g/mol. The van der Waals surface area contributed by atoms with E-state index in [4.69, 9.17) is 0 Å². The summed E-state index contributed by atoms with van der Waals surface area (Å²) in [6, 6.07) is 4.63. The fourth-order valence-corrected chi connectivity index (χ4v) is 2.21. The summed E-state index contributed by atoms with van der Waals surface area (Å²) >= 11 is 1.46. The average Bonchev–Trinajstić information content (AvgIpc) is 2.78. The van der Waals surface area contributed by atoms with Gasteiger partial charge in [0, 0.05) is 11.1 Å². The van der Waals surface area contributed by atoms with Gasteiger partial charge in [0.25, 0.3) is 0 Å².